The van der Waals surface area contributed by atoms with Gasteiger partial charge in [-0.25, -0.2) is 8.42 Å². The number of nitrogens with zero attached hydrogens (tertiary/aromatic N) is 2. The van der Waals surface area contributed by atoms with Crippen LogP contribution in [-0.4, -0.2) is 51.4 Å². The highest BCUT2D eigenvalue weighted by Gasteiger charge is 2.33. The maximum Gasteiger partial charge on any atom is 0.264 e. The summed E-state index contributed by atoms with van der Waals surface area (Å²) in [6, 6.07) is 17.6. The second kappa shape index (κ2) is 13.9. The van der Waals surface area contributed by atoms with Crippen LogP contribution in [0, 0.1) is 19.8 Å². The molecule has 0 bridgehead atoms. The molecule has 0 aliphatic carbocycles. The highest BCUT2D eigenvalue weighted by molar-refractivity contribution is 7.92. The van der Waals surface area contributed by atoms with E-state index in [1.54, 1.807) is 69.5 Å². The second-order valence-corrected chi connectivity index (χ2v) is 12.7. The number of methoxy groups -OCH3 is 1. The number of carbonyl (C=O) groups is 2. The molecule has 3 aromatic carbocycles. The lowest BCUT2D eigenvalue weighted by Crippen LogP contribution is -2.51. The van der Waals surface area contributed by atoms with E-state index in [2.05, 4.69) is 5.32 Å². The van der Waals surface area contributed by atoms with Gasteiger partial charge in [0, 0.05) is 18.1 Å². The molecule has 1 atom stereocenters. The number of carbonyl (C=O) groups excluding carboxylic acids is 2. The smallest absolute Gasteiger partial charge is 0.264 e. The quantitative estimate of drug-likeness (QED) is 0.303. The van der Waals surface area contributed by atoms with Crippen molar-refractivity contribution in [2.75, 3.05) is 24.5 Å². The summed E-state index contributed by atoms with van der Waals surface area (Å²) in [7, 11) is -2.62. The Kier molecular flexibility index (Phi) is 10.8. The Morgan fingerprint density at radius 1 is 0.976 bits per heavy atom. The van der Waals surface area contributed by atoms with Crippen molar-refractivity contribution < 1.29 is 22.7 Å². The molecule has 10 heteroatoms. The Labute approximate surface area is 248 Å². The molecule has 0 aliphatic heterocycles. The van der Waals surface area contributed by atoms with Gasteiger partial charge in [-0.15, -0.1) is 0 Å². The lowest BCUT2D eigenvalue weighted by atomic mass is 10.1. The molecule has 2 amide bonds. The van der Waals surface area contributed by atoms with Crippen LogP contribution in [-0.2, 0) is 26.2 Å². The monoisotopic (exact) mass is 599 g/mol. The topological polar surface area (TPSA) is 96.0 Å². The van der Waals surface area contributed by atoms with Gasteiger partial charge in [0.15, 0.2) is 0 Å². The van der Waals surface area contributed by atoms with Gasteiger partial charge >= 0.3 is 0 Å². The molecule has 0 heterocycles. The summed E-state index contributed by atoms with van der Waals surface area (Å²) in [4.78, 5) is 28.6. The fourth-order valence-electron chi connectivity index (χ4n) is 4.25. The van der Waals surface area contributed by atoms with E-state index >= 15 is 0 Å². The number of aryl methyl sites for hydroxylation is 2. The average Bonchev–Trinajstić information content (AvgIpc) is 2.93. The molecule has 0 saturated carbocycles. The van der Waals surface area contributed by atoms with Crippen LogP contribution in [0.2, 0.25) is 5.02 Å². The van der Waals surface area contributed by atoms with Crippen LogP contribution in [0.1, 0.15) is 37.5 Å². The van der Waals surface area contributed by atoms with E-state index in [0.717, 1.165) is 15.4 Å². The first-order valence-corrected chi connectivity index (χ1v) is 15.2. The van der Waals surface area contributed by atoms with Crippen molar-refractivity contribution in [3.05, 3.63) is 88.4 Å². The van der Waals surface area contributed by atoms with E-state index < -0.39 is 28.5 Å². The second-order valence-electron chi connectivity index (χ2n) is 10.4. The Balaban J connectivity index is 2.05. The highest BCUT2D eigenvalue weighted by Crippen LogP contribution is 2.29. The van der Waals surface area contributed by atoms with Crippen molar-refractivity contribution in [1.29, 1.82) is 0 Å². The van der Waals surface area contributed by atoms with E-state index in [0.29, 0.717) is 28.6 Å². The lowest BCUT2D eigenvalue weighted by Gasteiger charge is -2.32. The molecule has 0 aromatic heterocycles. The standard InChI is InChI=1S/C31H38ClN3O5S/c1-21(2)18-33-31(37)24(5)34(19-25-8-7-9-27(17-25)40-6)30(36)20-35(29-15-12-26(32)16-23(29)4)41(38,39)28-13-10-22(3)11-14-28/h7-17,21,24H,18-20H2,1-6H3,(H,33,37)/t24-/m0/s1. The van der Waals surface area contributed by atoms with Crippen LogP contribution in [0.15, 0.2) is 71.6 Å². The van der Waals surface area contributed by atoms with Crippen LogP contribution < -0.4 is 14.4 Å². The summed E-state index contributed by atoms with van der Waals surface area (Å²) >= 11 is 6.17. The SMILES string of the molecule is COc1cccc(CN(C(=O)CN(c2ccc(Cl)cc2C)S(=O)(=O)c2ccc(C)cc2)[C@@H](C)C(=O)NCC(C)C)c1. The molecular formula is C31H38ClN3O5S. The largest absolute Gasteiger partial charge is 0.497 e. The molecule has 0 radical (unpaired) electrons. The van der Waals surface area contributed by atoms with Gasteiger partial charge in [0.2, 0.25) is 11.8 Å². The number of amides is 2. The summed E-state index contributed by atoms with van der Waals surface area (Å²) in [6.45, 7) is 9.19. The van der Waals surface area contributed by atoms with Crippen LogP contribution in [0.4, 0.5) is 5.69 Å². The van der Waals surface area contributed by atoms with Crippen LogP contribution >= 0.6 is 11.6 Å². The number of nitrogens with one attached hydrogen (secondary N) is 1. The van der Waals surface area contributed by atoms with Crippen molar-refractivity contribution in [3.8, 4) is 5.75 Å². The Morgan fingerprint density at radius 3 is 2.27 bits per heavy atom. The summed E-state index contributed by atoms with van der Waals surface area (Å²) in [6.07, 6.45) is 0. The van der Waals surface area contributed by atoms with E-state index in [1.807, 2.05) is 26.8 Å². The van der Waals surface area contributed by atoms with Crippen LogP contribution in [0.25, 0.3) is 0 Å². The van der Waals surface area contributed by atoms with Crippen molar-refractivity contribution in [2.45, 2.75) is 52.1 Å². The first-order valence-electron chi connectivity index (χ1n) is 13.4. The third-order valence-corrected chi connectivity index (χ3v) is 8.66. The molecule has 3 rings (SSSR count). The number of sulfonamides is 1. The van der Waals surface area contributed by atoms with Crippen molar-refractivity contribution in [1.82, 2.24) is 10.2 Å². The van der Waals surface area contributed by atoms with Crippen molar-refractivity contribution in [2.24, 2.45) is 5.92 Å². The van der Waals surface area contributed by atoms with E-state index in [1.165, 1.54) is 17.0 Å². The molecule has 0 spiro atoms. The third kappa shape index (κ3) is 8.24. The molecule has 0 fully saturated rings. The zero-order valence-electron chi connectivity index (χ0n) is 24.3. The summed E-state index contributed by atoms with van der Waals surface area (Å²) < 4.78 is 34.4. The number of hydrogen-bond donors (Lipinski definition) is 1. The first-order chi connectivity index (χ1) is 19.3. The number of anilines is 1. The maximum atomic E-state index is 14.1. The van der Waals surface area contributed by atoms with Crippen molar-refractivity contribution in [3.63, 3.8) is 0 Å². The normalized spacial score (nSPS) is 12.1. The highest BCUT2D eigenvalue weighted by atomic mass is 35.5. The van der Waals surface area contributed by atoms with E-state index in [9.17, 15) is 18.0 Å². The molecule has 41 heavy (non-hydrogen) atoms. The summed E-state index contributed by atoms with van der Waals surface area (Å²) in [5, 5.41) is 3.33. The minimum atomic E-state index is -4.16. The number of halogens is 1. The fraction of sp³-hybridized carbons (Fsp3) is 0.355. The third-order valence-electron chi connectivity index (χ3n) is 6.65. The molecule has 1 N–H and O–H groups in total. The van der Waals surface area contributed by atoms with Crippen LogP contribution in [0.3, 0.4) is 0 Å². The van der Waals surface area contributed by atoms with Gasteiger partial charge in [0.05, 0.1) is 17.7 Å². The predicted molar refractivity (Wildman–Crippen MR) is 163 cm³/mol. The molecule has 8 nitrogen and oxygen atoms in total. The number of hydrogen-bond acceptors (Lipinski definition) is 5. The summed E-state index contributed by atoms with van der Waals surface area (Å²) in [5.41, 5.74) is 2.54. The molecular weight excluding hydrogens is 562 g/mol. The minimum absolute atomic E-state index is 0.0484. The van der Waals surface area contributed by atoms with Gasteiger partial charge < -0.3 is 15.0 Å². The van der Waals surface area contributed by atoms with Gasteiger partial charge in [0.1, 0.15) is 18.3 Å². The minimum Gasteiger partial charge on any atom is -0.497 e. The van der Waals surface area contributed by atoms with Gasteiger partial charge in [0.25, 0.3) is 10.0 Å². The predicted octanol–water partition coefficient (Wildman–Crippen LogP) is 5.35. The van der Waals surface area contributed by atoms with Gasteiger partial charge in [-0.05, 0) is 80.3 Å². The molecule has 0 unspecified atom stereocenters. The Hall–Kier alpha value is -3.56. The molecule has 0 aliphatic rings. The zero-order valence-corrected chi connectivity index (χ0v) is 25.9. The van der Waals surface area contributed by atoms with E-state index in [-0.39, 0.29) is 23.3 Å². The molecule has 0 saturated heterocycles. The van der Waals surface area contributed by atoms with Gasteiger partial charge in [-0.3, -0.25) is 13.9 Å². The zero-order chi connectivity index (χ0) is 30.3. The first kappa shape index (κ1) is 32.0. The number of benzene rings is 3. The Bertz CT molecular complexity index is 1480. The van der Waals surface area contributed by atoms with E-state index in [4.69, 9.17) is 16.3 Å². The van der Waals surface area contributed by atoms with Crippen molar-refractivity contribution >= 4 is 39.1 Å². The summed E-state index contributed by atoms with van der Waals surface area (Å²) in [5.74, 6) is -0.0421. The van der Waals surface area contributed by atoms with Crippen LogP contribution in [0.5, 0.6) is 5.75 Å². The van der Waals surface area contributed by atoms with Gasteiger partial charge in [-0.1, -0.05) is 55.3 Å². The number of ether oxygens (including phenoxy) is 1. The maximum absolute atomic E-state index is 14.1. The Morgan fingerprint density at radius 2 is 1.66 bits per heavy atom. The average molecular weight is 600 g/mol. The molecule has 3 aromatic rings. The van der Waals surface area contributed by atoms with Gasteiger partial charge in [-0.2, -0.15) is 0 Å². The lowest BCUT2D eigenvalue weighted by molar-refractivity contribution is -0.139. The number of rotatable bonds is 12. The fourth-order valence-corrected chi connectivity index (χ4v) is 5.96. The molecule has 220 valence electrons.